The van der Waals surface area contributed by atoms with Crippen LogP contribution in [0.3, 0.4) is 0 Å². The minimum Gasteiger partial charge on any atom is -0.271 e. The third-order valence-corrected chi connectivity index (χ3v) is 2.55. The number of thioether (sulfide) groups is 1. The molecule has 4 nitrogen and oxygen atoms in total. The predicted molar refractivity (Wildman–Crippen MR) is 56.2 cm³/mol. The fourth-order valence-corrected chi connectivity index (χ4v) is 1.67. The van der Waals surface area contributed by atoms with Gasteiger partial charge in [-0.2, -0.15) is 10.3 Å². The van der Waals surface area contributed by atoms with Crippen molar-refractivity contribution in [2.45, 2.75) is 6.92 Å². The van der Waals surface area contributed by atoms with Crippen LogP contribution in [0.15, 0.2) is 11.2 Å². The van der Waals surface area contributed by atoms with E-state index in [0.717, 1.165) is 4.88 Å². The molecule has 1 aromatic rings. The maximum Gasteiger partial charge on any atom is 0.211 e. The van der Waals surface area contributed by atoms with Gasteiger partial charge in [-0.1, -0.05) is 11.8 Å². The summed E-state index contributed by atoms with van der Waals surface area (Å²) in [5, 5.41) is 12.1. The Morgan fingerprint density at radius 1 is 1.85 bits per heavy atom. The number of thiazole rings is 1. The van der Waals surface area contributed by atoms with Crippen LogP contribution in [0.5, 0.6) is 0 Å². The summed E-state index contributed by atoms with van der Waals surface area (Å²) in [6.45, 7) is 1.97. The van der Waals surface area contributed by atoms with Crippen molar-refractivity contribution in [3.8, 4) is 6.19 Å². The molecule has 1 heterocycles. The second kappa shape index (κ2) is 4.84. The molecule has 0 aromatic carbocycles. The Hall–Kier alpha value is -1.06. The highest BCUT2D eigenvalue weighted by atomic mass is 32.2. The highest BCUT2D eigenvalue weighted by Crippen LogP contribution is 2.20. The first-order chi connectivity index (χ1) is 6.26. The van der Waals surface area contributed by atoms with Crippen LogP contribution < -0.4 is 5.32 Å². The molecule has 1 rings (SSSR count). The quantitative estimate of drug-likeness (QED) is 0.334. The first-order valence-electron chi connectivity index (χ1n) is 3.46. The zero-order valence-electron chi connectivity index (χ0n) is 7.24. The summed E-state index contributed by atoms with van der Waals surface area (Å²) in [6, 6.07) is 0. The molecule has 0 aliphatic carbocycles. The van der Waals surface area contributed by atoms with Crippen LogP contribution in [0.1, 0.15) is 4.88 Å². The molecule has 0 bridgehead atoms. The van der Waals surface area contributed by atoms with Gasteiger partial charge in [0.1, 0.15) is 0 Å². The SMILES string of the molecule is CS/C(=N/c1ncc(C)s1)NC#N. The van der Waals surface area contributed by atoms with Crippen molar-refractivity contribution in [2.75, 3.05) is 6.26 Å². The predicted octanol–water partition coefficient (Wildman–Crippen LogP) is 1.87. The molecule has 13 heavy (non-hydrogen) atoms. The molecule has 1 N–H and O–H groups in total. The van der Waals surface area contributed by atoms with Gasteiger partial charge in [0, 0.05) is 11.1 Å². The third-order valence-electron chi connectivity index (χ3n) is 1.16. The van der Waals surface area contributed by atoms with Crippen LogP contribution in [-0.2, 0) is 0 Å². The first kappa shape index (κ1) is 10.0. The molecule has 0 saturated heterocycles. The number of nitrogens with one attached hydrogen (secondary N) is 1. The number of hydrogen-bond donors (Lipinski definition) is 1. The number of amidine groups is 1. The molecule has 6 heteroatoms. The van der Waals surface area contributed by atoms with Gasteiger partial charge in [0.05, 0.1) is 0 Å². The van der Waals surface area contributed by atoms with Crippen molar-refractivity contribution >= 4 is 33.4 Å². The van der Waals surface area contributed by atoms with Crippen LogP contribution in [0.25, 0.3) is 0 Å². The maximum atomic E-state index is 8.38. The normalized spacial score (nSPS) is 11.0. The van der Waals surface area contributed by atoms with Crippen LogP contribution >= 0.6 is 23.1 Å². The number of hydrogen-bond acceptors (Lipinski definition) is 5. The van der Waals surface area contributed by atoms with Crippen LogP contribution in [-0.4, -0.2) is 16.4 Å². The van der Waals surface area contributed by atoms with Crippen LogP contribution in [0, 0.1) is 18.4 Å². The molecule has 0 aliphatic heterocycles. The largest absolute Gasteiger partial charge is 0.271 e. The number of aromatic nitrogens is 1. The Labute approximate surface area is 84.7 Å². The van der Waals surface area contributed by atoms with Crippen molar-refractivity contribution in [1.82, 2.24) is 10.3 Å². The molecule has 0 saturated carbocycles. The van der Waals surface area contributed by atoms with Crippen molar-refractivity contribution in [3.63, 3.8) is 0 Å². The Morgan fingerprint density at radius 3 is 3.08 bits per heavy atom. The van der Waals surface area contributed by atoms with E-state index in [4.69, 9.17) is 5.26 Å². The van der Waals surface area contributed by atoms with E-state index in [1.165, 1.54) is 23.1 Å². The van der Waals surface area contributed by atoms with E-state index in [1.807, 2.05) is 19.4 Å². The van der Waals surface area contributed by atoms with Gasteiger partial charge in [0.15, 0.2) is 11.4 Å². The Bertz CT molecular complexity index is 350. The Kier molecular flexibility index (Phi) is 3.73. The number of nitriles is 1. The lowest BCUT2D eigenvalue weighted by Crippen LogP contribution is -2.12. The number of aryl methyl sites for hydroxylation is 1. The molecule has 1 aromatic heterocycles. The van der Waals surface area contributed by atoms with E-state index in [1.54, 1.807) is 6.20 Å². The molecular formula is C7H8N4S2. The van der Waals surface area contributed by atoms with E-state index < -0.39 is 0 Å². The van der Waals surface area contributed by atoms with Gasteiger partial charge in [0.25, 0.3) is 0 Å². The molecule has 68 valence electrons. The monoisotopic (exact) mass is 212 g/mol. The molecule has 0 radical (unpaired) electrons. The van der Waals surface area contributed by atoms with Crippen molar-refractivity contribution in [2.24, 2.45) is 4.99 Å². The molecule has 0 unspecified atom stereocenters. The summed E-state index contributed by atoms with van der Waals surface area (Å²) in [4.78, 5) is 9.30. The Balaban J connectivity index is 2.79. The van der Waals surface area contributed by atoms with Gasteiger partial charge in [-0.05, 0) is 13.2 Å². The second-order valence-electron chi connectivity index (χ2n) is 2.11. The van der Waals surface area contributed by atoms with Crippen LogP contribution in [0.4, 0.5) is 5.13 Å². The lowest BCUT2D eigenvalue weighted by atomic mass is 10.7. The summed E-state index contributed by atoms with van der Waals surface area (Å²) in [5.41, 5.74) is 0. The average Bonchev–Trinajstić information content (AvgIpc) is 2.50. The van der Waals surface area contributed by atoms with E-state index >= 15 is 0 Å². The van der Waals surface area contributed by atoms with E-state index in [0.29, 0.717) is 10.3 Å². The fourth-order valence-electron chi connectivity index (χ4n) is 0.654. The van der Waals surface area contributed by atoms with Gasteiger partial charge < -0.3 is 0 Å². The van der Waals surface area contributed by atoms with E-state index in [2.05, 4.69) is 15.3 Å². The molecule has 0 atom stereocenters. The molecule has 0 spiro atoms. The Morgan fingerprint density at radius 2 is 2.62 bits per heavy atom. The average molecular weight is 212 g/mol. The zero-order valence-corrected chi connectivity index (χ0v) is 8.87. The van der Waals surface area contributed by atoms with Gasteiger partial charge in [-0.3, -0.25) is 5.32 Å². The maximum absolute atomic E-state index is 8.38. The highest BCUT2D eigenvalue weighted by Gasteiger charge is 1.99. The number of nitrogens with zero attached hydrogens (tertiary/aromatic N) is 3. The minimum absolute atomic E-state index is 0.567. The minimum atomic E-state index is 0.567. The first-order valence-corrected chi connectivity index (χ1v) is 5.50. The summed E-state index contributed by atoms with van der Waals surface area (Å²) >= 11 is 2.88. The standard InChI is InChI=1S/C7H8N4S2/c1-5-3-9-7(13-5)11-6(12-2)10-4-8/h3H,1-2H3,(H,9,10,11). The fraction of sp³-hybridized carbons (Fsp3) is 0.286. The summed E-state index contributed by atoms with van der Waals surface area (Å²) < 4.78 is 0. The van der Waals surface area contributed by atoms with Crippen molar-refractivity contribution in [3.05, 3.63) is 11.1 Å². The molecule has 0 fully saturated rings. The highest BCUT2D eigenvalue weighted by molar-refractivity contribution is 8.13. The topological polar surface area (TPSA) is 61.1 Å². The van der Waals surface area contributed by atoms with E-state index in [-0.39, 0.29) is 0 Å². The summed E-state index contributed by atoms with van der Waals surface area (Å²) in [7, 11) is 0. The van der Waals surface area contributed by atoms with Gasteiger partial charge in [0.2, 0.25) is 5.13 Å². The van der Waals surface area contributed by atoms with Crippen molar-refractivity contribution in [1.29, 1.82) is 5.26 Å². The van der Waals surface area contributed by atoms with Crippen molar-refractivity contribution < 1.29 is 0 Å². The number of aliphatic imine (C=N–C) groups is 1. The van der Waals surface area contributed by atoms with Gasteiger partial charge in [-0.25, -0.2) is 4.98 Å². The number of rotatable bonds is 1. The van der Waals surface area contributed by atoms with E-state index in [9.17, 15) is 0 Å². The smallest absolute Gasteiger partial charge is 0.211 e. The van der Waals surface area contributed by atoms with Crippen LogP contribution in [0.2, 0.25) is 0 Å². The van der Waals surface area contributed by atoms with Gasteiger partial charge in [-0.15, -0.1) is 11.3 Å². The molecule has 0 amide bonds. The lowest BCUT2D eigenvalue weighted by molar-refractivity contribution is 1.26. The third kappa shape index (κ3) is 3.05. The zero-order chi connectivity index (χ0) is 9.68. The summed E-state index contributed by atoms with van der Waals surface area (Å²) in [6.07, 6.45) is 5.43. The van der Waals surface area contributed by atoms with Gasteiger partial charge >= 0.3 is 0 Å². The molecule has 0 aliphatic rings. The lowest BCUT2D eigenvalue weighted by Gasteiger charge is -1.95. The summed E-state index contributed by atoms with van der Waals surface area (Å²) in [5.74, 6) is 0. The second-order valence-corrected chi connectivity index (χ2v) is 4.12. The molecular weight excluding hydrogens is 204 g/mol.